The number of guanidine groups is 1. The number of likely N-dealkylation sites (tertiary alicyclic amines) is 1. The smallest absolute Gasteiger partial charge is 0.191 e. The minimum absolute atomic E-state index is 0. The molecule has 0 amide bonds. The molecular formula is C25H38IN5O2. The topological polar surface area (TPSA) is 61.4 Å². The fourth-order valence-corrected chi connectivity index (χ4v) is 3.98. The molecule has 1 aliphatic rings. The number of nitrogens with zero attached hydrogens (tertiary/aromatic N) is 3. The van der Waals surface area contributed by atoms with Crippen LogP contribution in [0.5, 0.6) is 11.5 Å². The molecular weight excluding hydrogens is 529 g/mol. The molecule has 0 aromatic heterocycles. The van der Waals surface area contributed by atoms with Crippen LogP contribution in [0.3, 0.4) is 0 Å². The quantitative estimate of drug-likeness (QED) is 0.276. The third-order valence-electron chi connectivity index (χ3n) is 5.81. The van der Waals surface area contributed by atoms with Crippen molar-refractivity contribution in [2.75, 3.05) is 59.9 Å². The number of hydrogen-bond donors (Lipinski definition) is 2. The molecule has 0 spiro atoms. The van der Waals surface area contributed by atoms with E-state index in [1.54, 1.807) is 14.2 Å². The lowest BCUT2D eigenvalue weighted by Gasteiger charge is -2.19. The van der Waals surface area contributed by atoms with E-state index in [1.807, 2.05) is 13.1 Å². The molecule has 33 heavy (non-hydrogen) atoms. The Labute approximate surface area is 215 Å². The molecule has 1 saturated heterocycles. The van der Waals surface area contributed by atoms with Crippen molar-refractivity contribution in [3.05, 3.63) is 53.6 Å². The lowest BCUT2D eigenvalue weighted by Crippen LogP contribution is -2.45. The van der Waals surface area contributed by atoms with E-state index in [0.29, 0.717) is 6.04 Å². The minimum Gasteiger partial charge on any atom is -0.497 e. The molecule has 1 unspecified atom stereocenters. The summed E-state index contributed by atoms with van der Waals surface area (Å²) < 4.78 is 10.8. The van der Waals surface area contributed by atoms with E-state index in [0.717, 1.165) is 56.5 Å². The van der Waals surface area contributed by atoms with Gasteiger partial charge in [-0.05, 0) is 48.2 Å². The molecule has 1 heterocycles. The van der Waals surface area contributed by atoms with Gasteiger partial charge in [0.2, 0.25) is 0 Å². The van der Waals surface area contributed by atoms with Crippen LogP contribution in [-0.2, 0) is 13.0 Å². The van der Waals surface area contributed by atoms with Gasteiger partial charge in [0.15, 0.2) is 5.96 Å². The van der Waals surface area contributed by atoms with Crippen LogP contribution in [0.1, 0.15) is 17.5 Å². The van der Waals surface area contributed by atoms with Gasteiger partial charge in [-0.2, -0.15) is 0 Å². The maximum atomic E-state index is 5.40. The van der Waals surface area contributed by atoms with Gasteiger partial charge in [0, 0.05) is 65.1 Å². The molecule has 7 nitrogen and oxygen atoms in total. The zero-order chi connectivity index (χ0) is 22.9. The van der Waals surface area contributed by atoms with Gasteiger partial charge in [0.05, 0.1) is 14.2 Å². The van der Waals surface area contributed by atoms with Crippen molar-refractivity contribution in [2.24, 2.45) is 4.99 Å². The van der Waals surface area contributed by atoms with Crippen molar-refractivity contribution >= 4 is 35.6 Å². The van der Waals surface area contributed by atoms with Crippen molar-refractivity contribution in [3.8, 4) is 11.5 Å². The van der Waals surface area contributed by atoms with E-state index in [9.17, 15) is 0 Å². The van der Waals surface area contributed by atoms with E-state index >= 15 is 0 Å². The summed E-state index contributed by atoms with van der Waals surface area (Å²) in [5.41, 5.74) is 3.74. The highest BCUT2D eigenvalue weighted by molar-refractivity contribution is 14.0. The second-order valence-electron chi connectivity index (χ2n) is 8.40. The molecule has 2 N–H and O–H groups in total. The van der Waals surface area contributed by atoms with Crippen molar-refractivity contribution < 1.29 is 9.47 Å². The van der Waals surface area contributed by atoms with E-state index in [2.05, 4.69) is 75.9 Å². The monoisotopic (exact) mass is 567 g/mol. The third kappa shape index (κ3) is 8.26. The predicted octanol–water partition coefficient (Wildman–Crippen LogP) is 3.37. The zero-order valence-corrected chi connectivity index (χ0v) is 22.8. The third-order valence-corrected chi connectivity index (χ3v) is 5.81. The van der Waals surface area contributed by atoms with Crippen LogP contribution in [0, 0.1) is 0 Å². The van der Waals surface area contributed by atoms with Gasteiger partial charge in [-0.3, -0.25) is 9.89 Å². The van der Waals surface area contributed by atoms with E-state index < -0.39 is 0 Å². The SMILES string of the molecule is CN=C(NCCc1ccc(N(C)C)cc1)NC1CCN(Cc2cc(OC)cc(OC)c2)C1.I. The van der Waals surface area contributed by atoms with Crippen molar-refractivity contribution in [3.63, 3.8) is 0 Å². The van der Waals surface area contributed by atoms with E-state index in [1.165, 1.54) is 16.8 Å². The molecule has 0 aliphatic carbocycles. The van der Waals surface area contributed by atoms with Crippen LogP contribution in [0.25, 0.3) is 0 Å². The Morgan fingerprint density at radius 3 is 2.30 bits per heavy atom. The molecule has 2 aromatic carbocycles. The maximum absolute atomic E-state index is 5.40. The number of aliphatic imine (C=N–C) groups is 1. The molecule has 1 atom stereocenters. The fourth-order valence-electron chi connectivity index (χ4n) is 3.98. The van der Waals surface area contributed by atoms with Crippen LogP contribution in [0.2, 0.25) is 0 Å². The minimum atomic E-state index is 0. The highest BCUT2D eigenvalue weighted by Gasteiger charge is 2.23. The van der Waals surface area contributed by atoms with Gasteiger partial charge < -0.3 is 25.0 Å². The van der Waals surface area contributed by atoms with Gasteiger partial charge >= 0.3 is 0 Å². The van der Waals surface area contributed by atoms with Crippen LogP contribution >= 0.6 is 24.0 Å². The standard InChI is InChI=1S/C25H37N5O2.HI/c1-26-25(27-12-10-19-6-8-22(9-7-19)29(2)3)28-21-11-13-30(18-21)17-20-14-23(31-4)16-24(15-20)32-5;/h6-9,14-16,21H,10-13,17-18H2,1-5H3,(H2,26,27,28);1H. The highest BCUT2D eigenvalue weighted by Crippen LogP contribution is 2.24. The van der Waals surface area contributed by atoms with Gasteiger partial charge in [0.25, 0.3) is 0 Å². The van der Waals surface area contributed by atoms with Crippen molar-refractivity contribution in [2.45, 2.75) is 25.4 Å². The number of ether oxygens (including phenoxy) is 2. The average molecular weight is 568 g/mol. The zero-order valence-electron chi connectivity index (χ0n) is 20.4. The van der Waals surface area contributed by atoms with Gasteiger partial charge in [-0.15, -0.1) is 24.0 Å². The maximum Gasteiger partial charge on any atom is 0.191 e. The first-order chi connectivity index (χ1) is 15.5. The number of benzene rings is 2. The molecule has 1 aliphatic heterocycles. The lowest BCUT2D eigenvalue weighted by molar-refractivity contribution is 0.321. The summed E-state index contributed by atoms with van der Waals surface area (Å²) in [7, 11) is 9.32. The fraction of sp³-hybridized carbons (Fsp3) is 0.480. The van der Waals surface area contributed by atoms with Crippen LogP contribution < -0.4 is 25.0 Å². The summed E-state index contributed by atoms with van der Waals surface area (Å²) in [4.78, 5) is 8.98. The predicted molar refractivity (Wildman–Crippen MR) is 148 cm³/mol. The Morgan fingerprint density at radius 2 is 1.73 bits per heavy atom. The highest BCUT2D eigenvalue weighted by atomic mass is 127. The summed E-state index contributed by atoms with van der Waals surface area (Å²) in [5.74, 6) is 2.52. The van der Waals surface area contributed by atoms with Gasteiger partial charge in [-0.1, -0.05) is 12.1 Å². The van der Waals surface area contributed by atoms with Gasteiger partial charge in [0.1, 0.15) is 11.5 Å². The molecule has 182 valence electrons. The number of anilines is 1. The Morgan fingerprint density at radius 1 is 1.06 bits per heavy atom. The summed E-state index contributed by atoms with van der Waals surface area (Å²) in [6.07, 6.45) is 2.05. The first-order valence-corrected chi connectivity index (χ1v) is 11.2. The first kappa shape index (κ1) is 27.0. The summed E-state index contributed by atoms with van der Waals surface area (Å²) in [6, 6.07) is 15.1. The van der Waals surface area contributed by atoms with Crippen LogP contribution in [0.15, 0.2) is 47.5 Å². The Balaban J connectivity index is 0.00000385. The number of hydrogen-bond acceptors (Lipinski definition) is 5. The number of methoxy groups -OCH3 is 2. The molecule has 2 aromatic rings. The van der Waals surface area contributed by atoms with Crippen molar-refractivity contribution in [1.29, 1.82) is 0 Å². The Kier molecular flexibility index (Phi) is 11.1. The molecule has 8 heteroatoms. The second kappa shape index (κ2) is 13.5. The number of halogens is 1. The first-order valence-electron chi connectivity index (χ1n) is 11.2. The molecule has 1 fully saturated rings. The summed E-state index contributed by atoms with van der Waals surface area (Å²) in [5, 5.41) is 7.03. The number of nitrogens with one attached hydrogen (secondary N) is 2. The Hall–Kier alpha value is -2.20. The lowest BCUT2D eigenvalue weighted by atomic mass is 10.1. The molecule has 0 radical (unpaired) electrons. The van der Waals surface area contributed by atoms with Crippen LogP contribution in [0.4, 0.5) is 5.69 Å². The Bertz CT molecular complexity index is 867. The molecule has 0 saturated carbocycles. The average Bonchev–Trinajstić information content (AvgIpc) is 3.24. The van der Waals surface area contributed by atoms with Crippen LogP contribution in [-0.4, -0.2) is 71.9 Å². The van der Waals surface area contributed by atoms with E-state index in [4.69, 9.17) is 9.47 Å². The number of rotatable bonds is 9. The second-order valence-corrected chi connectivity index (χ2v) is 8.40. The molecule has 3 rings (SSSR count). The summed E-state index contributed by atoms with van der Waals surface area (Å²) >= 11 is 0. The summed E-state index contributed by atoms with van der Waals surface area (Å²) in [6.45, 7) is 3.75. The van der Waals surface area contributed by atoms with Gasteiger partial charge in [-0.25, -0.2) is 0 Å². The van der Waals surface area contributed by atoms with E-state index in [-0.39, 0.29) is 24.0 Å². The molecule has 0 bridgehead atoms. The normalized spacial score (nSPS) is 16.2. The largest absolute Gasteiger partial charge is 0.497 e. The van der Waals surface area contributed by atoms with Crippen molar-refractivity contribution in [1.82, 2.24) is 15.5 Å².